The monoisotopic (exact) mass is 590 g/mol. The third-order valence-corrected chi connectivity index (χ3v) is 10.7. The van der Waals surface area contributed by atoms with Crippen molar-refractivity contribution in [1.29, 1.82) is 0 Å². The summed E-state index contributed by atoms with van der Waals surface area (Å²) in [5.74, 6) is 0. The predicted molar refractivity (Wildman–Crippen MR) is 177 cm³/mol. The van der Waals surface area contributed by atoms with E-state index in [1.807, 2.05) is 0 Å². The van der Waals surface area contributed by atoms with E-state index < -0.39 is 0 Å². The number of aryl methyl sites for hydroxylation is 3. The van der Waals surface area contributed by atoms with Crippen LogP contribution in [-0.2, 0) is 0 Å². The Morgan fingerprint density at radius 2 is 1.25 bits per heavy atom. The molecule has 1 aliphatic heterocycles. The summed E-state index contributed by atoms with van der Waals surface area (Å²) >= 11 is 7.05. The molecule has 7 rings (SSSR count). The first-order valence-electron chi connectivity index (χ1n) is 13.1. The average Bonchev–Trinajstić information content (AvgIpc) is 3.78. The van der Waals surface area contributed by atoms with Gasteiger partial charge < -0.3 is 4.98 Å². The first-order valence-corrected chi connectivity index (χ1v) is 16.6. The van der Waals surface area contributed by atoms with Crippen LogP contribution in [-0.4, -0.2) is 10.7 Å². The molecule has 0 aliphatic carbocycles. The third kappa shape index (κ3) is 4.51. The summed E-state index contributed by atoms with van der Waals surface area (Å²) in [6, 6.07) is 24.2. The fourth-order valence-corrected chi connectivity index (χ4v) is 8.53. The van der Waals surface area contributed by atoms with Gasteiger partial charge in [-0.1, -0.05) is 42.0 Å². The Morgan fingerprint density at radius 1 is 0.675 bits per heavy atom. The van der Waals surface area contributed by atoms with Crippen LogP contribution in [0.4, 0.5) is 0 Å². The minimum atomic E-state index is 0.999. The summed E-state index contributed by atoms with van der Waals surface area (Å²) < 4.78 is 0. The number of aliphatic imine (C=N–C) groups is 1. The second-order valence-corrected chi connectivity index (χ2v) is 13.7. The van der Waals surface area contributed by atoms with Crippen molar-refractivity contribution in [2.24, 2.45) is 4.99 Å². The topological polar surface area (TPSA) is 28.1 Å². The molecular weight excluding hydrogens is 565 g/mol. The zero-order valence-corrected chi connectivity index (χ0v) is 25.6. The van der Waals surface area contributed by atoms with Crippen molar-refractivity contribution in [2.45, 2.75) is 20.8 Å². The van der Waals surface area contributed by atoms with Crippen molar-refractivity contribution in [2.75, 3.05) is 0 Å². The third-order valence-electron chi connectivity index (χ3n) is 7.13. The SMILES string of the molecule is Cc1cc(C)c(/C(=C2\C=C(c3cccs3)C(c3cccs3)=N2)c2cc(-c3cccs3)c(-c3cccs3)[nH]2)c(C)c1. The summed E-state index contributed by atoms with van der Waals surface area (Å²) in [6.45, 7) is 6.62. The Labute approximate surface area is 250 Å². The van der Waals surface area contributed by atoms with E-state index in [1.165, 1.54) is 52.9 Å². The van der Waals surface area contributed by atoms with Gasteiger partial charge in [-0.05, 0) is 95.4 Å². The van der Waals surface area contributed by atoms with E-state index in [4.69, 9.17) is 4.99 Å². The molecule has 0 fully saturated rings. The Bertz CT molecular complexity index is 1760. The smallest absolute Gasteiger partial charge is 0.0896 e. The van der Waals surface area contributed by atoms with Crippen LogP contribution in [0.25, 0.3) is 32.2 Å². The molecule has 0 radical (unpaired) electrons. The molecule has 6 aromatic rings. The lowest BCUT2D eigenvalue weighted by Gasteiger charge is -2.16. The molecule has 1 aromatic carbocycles. The molecule has 2 nitrogen and oxygen atoms in total. The second kappa shape index (κ2) is 10.5. The number of H-pyrrole nitrogens is 1. The molecule has 0 saturated carbocycles. The molecule has 0 atom stereocenters. The maximum Gasteiger partial charge on any atom is 0.0896 e. The molecule has 0 spiro atoms. The van der Waals surface area contributed by atoms with E-state index in [-0.39, 0.29) is 0 Å². The van der Waals surface area contributed by atoms with Crippen LogP contribution in [0.15, 0.2) is 105 Å². The highest BCUT2D eigenvalue weighted by Crippen LogP contribution is 2.44. The zero-order chi connectivity index (χ0) is 27.2. The van der Waals surface area contributed by atoms with E-state index in [1.54, 1.807) is 45.3 Å². The van der Waals surface area contributed by atoms with Crippen LogP contribution in [0.3, 0.4) is 0 Å². The molecule has 196 valence electrons. The van der Waals surface area contributed by atoms with Crippen molar-refractivity contribution >= 4 is 62.2 Å². The number of aromatic nitrogens is 1. The number of benzene rings is 1. The van der Waals surface area contributed by atoms with Gasteiger partial charge >= 0.3 is 0 Å². The van der Waals surface area contributed by atoms with Crippen molar-refractivity contribution < 1.29 is 0 Å². The lowest BCUT2D eigenvalue weighted by Crippen LogP contribution is -1.99. The molecule has 0 unspecified atom stereocenters. The van der Waals surface area contributed by atoms with Gasteiger partial charge in [0.2, 0.25) is 0 Å². The number of hydrogen-bond acceptors (Lipinski definition) is 5. The first kappa shape index (κ1) is 25.4. The molecule has 1 aliphatic rings. The van der Waals surface area contributed by atoms with Gasteiger partial charge in [-0.2, -0.15) is 0 Å². The molecule has 0 amide bonds. The Hall–Kier alpha value is -3.55. The molecule has 40 heavy (non-hydrogen) atoms. The summed E-state index contributed by atoms with van der Waals surface area (Å²) in [5, 5.41) is 8.57. The fraction of sp³-hybridized carbons (Fsp3) is 0.0882. The van der Waals surface area contributed by atoms with Gasteiger partial charge in [0.15, 0.2) is 0 Å². The van der Waals surface area contributed by atoms with E-state index >= 15 is 0 Å². The molecule has 6 heteroatoms. The highest BCUT2D eigenvalue weighted by atomic mass is 32.1. The number of allylic oxidation sites excluding steroid dienone is 2. The Kier molecular flexibility index (Phi) is 6.64. The van der Waals surface area contributed by atoms with E-state index in [9.17, 15) is 0 Å². The second-order valence-electron chi connectivity index (χ2n) is 9.93. The molecule has 0 bridgehead atoms. The zero-order valence-electron chi connectivity index (χ0n) is 22.3. The Morgan fingerprint density at radius 3 is 1.85 bits per heavy atom. The standard InChI is InChI=1S/C34H26N2S4/c1-20-16-21(2)31(22(3)17-20)32(25-18-23(27-8-4-12-37-27)33(35-25)29-10-6-14-39-29)26-19-24(28-9-5-13-38-28)34(36-26)30-11-7-15-40-30/h4-19,35H,1-3H3/b32-26+. The van der Waals surface area contributed by atoms with Crippen LogP contribution in [0, 0.1) is 20.8 Å². The van der Waals surface area contributed by atoms with Gasteiger partial charge in [0, 0.05) is 32.2 Å². The molecule has 6 heterocycles. The number of aromatic amines is 1. The van der Waals surface area contributed by atoms with Crippen molar-refractivity contribution in [3.8, 4) is 21.0 Å². The summed E-state index contributed by atoms with van der Waals surface area (Å²) in [7, 11) is 0. The van der Waals surface area contributed by atoms with Crippen LogP contribution < -0.4 is 0 Å². The molecule has 0 saturated heterocycles. The van der Waals surface area contributed by atoms with Crippen molar-refractivity contribution in [3.63, 3.8) is 0 Å². The quantitative estimate of drug-likeness (QED) is 0.200. The van der Waals surface area contributed by atoms with E-state index in [0.717, 1.165) is 28.4 Å². The maximum absolute atomic E-state index is 5.40. The van der Waals surface area contributed by atoms with Crippen molar-refractivity contribution in [1.82, 2.24) is 4.98 Å². The van der Waals surface area contributed by atoms with Gasteiger partial charge in [-0.15, -0.1) is 45.3 Å². The lowest BCUT2D eigenvalue weighted by molar-refractivity contribution is 1.25. The summed E-state index contributed by atoms with van der Waals surface area (Å²) in [5.41, 5.74) is 12.9. The Balaban J connectivity index is 1.54. The molecule has 5 aromatic heterocycles. The predicted octanol–water partition coefficient (Wildman–Crippen LogP) is 10.9. The van der Waals surface area contributed by atoms with Crippen LogP contribution in [0.2, 0.25) is 0 Å². The van der Waals surface area contributed by atoms with Crippen LogP contribution in [0.1, 0.15) is 37.7 Å². The highest BCUT2D eigenvalue weighted by Gasteiger charge is 2.27. The summed E-state index contributed by atoms with van der Waals surface area (Å²) in [6.07, 6.45) is 2.30. The normalized spacial score (nSPS) is 14.5. The van der Waals surface area contributed by atoms with E-state index in [2.05, 4.69) is 120 Å². The van der Waals surface area contributed by atoms with Crippen LogP contribution in [0.5, 0.6) is 0 Å². The van der Waals surface area contributed by atoms with Gasteiger partial charge in [0.25, 0.3) is 0 Å². The van der Waals surface area contributed by atoms with Gasteiger partial charge in [-0.25, -0.2) is 4.99 Å². The number of nitrogens with zero attached hydrogens (tertiary/aromatic N) is 1. The summed E-state index contributed by atoms with van der Waals surface area (Å²) in [4.78, 5) is 14.2. The number of hydrogen-bond donors (Lipinski definition) is 1. The van der Waals surface area contributed by atoms with E-state index in [0.29, 0.717) is 0 Å². The van der Waals surface area contributed by atoms with Gasteiger partial charge in [0.05, 0.1) is 26.9 Å². The number of thiophene rings is 4. The van der Waals surface area contributed by atoms with Crippen molar-refractivity contribution in [3.05, 3.63) is 138 Å². The largest absolute Gasteiger partial charge is 0.353 e. The molecule has 1 N–H and O–H groups in total. The lowest BCUT2D eigenvalue weighted by atomic mass is 9.90. The average molecular weight is 591 g/mol. The maximum atomic E-state index is 5.40. The fourth-order valence-electron chi connectivity index (χ4n) is 5.57. The highest BCUT2D eigenvalue weighted by molar-refractivity contribution is 7.15. The van der Waals surface area contributed by atoms with Gasteiger partial charge in [-0.3, -0.25) is 0 Å². The minimum absolute atomic E-state index is 0.999. The molecular formula is C34H26N2S4. The minimum Gasteiger partial charge on any atom is -0.353 e. The number of rotatable bonds is 6. The van der Waals surface area contributed by atoms with Gasteiger partial charge in [0.1, 0.15) is 0 Å². The van der Waals surface area contributed by atoms with Crippen LogP contribution >= 0.6 is 45.3 Å². The first-order chi connectivity index (χ1) is 19.6. The number of nitrogens with one attached hydrogen (secondary N) is 1.